The zero-order valence-corrected chi connectivity index (χ0v) is 9.43. The van der Waals surface area contributed by atoms with Gasteiger partial charge in [-0.3, -0.25) is 10.1 Å². The van der Waals surface area contributed by atoms with Gasteiger partial charge >= 0.3 is 5.69 Å². The number of aryl methyl sites for hydroxylation is 1. The molecule has 0 heterocycles. The highest BCUT2D eigenvalue weighted by atomic mass is 19.1. The molecule has 5 heteroatoms. The van der Waals surface area contributed by atoms with Crippen molar-refractivity contribution in [1.82, 2.24) is 0 Å². The summed E-state index contributed by atoms with van der Waals surface area (Å²) in [7, 11) is 0. The molecule has 1 unspecified atom stereocenters. The standard InChI is InChI=1S/C12H15FN2O2/c13-12-9(2-1-3-11(12)15(16)17)6-7-10(14)8-4-5-8/h1-3,8,10H,4-7,14H2. The predicted molar refractivity (Wildman–Crippen MR) is 62.1 cm³/mol. The fourth-order valence-electron chi connectivity index (χ4n) is 1.98. The molecule has 92 valence electrons. The van der Waals surface area contributed by atoms with Crippen molar-refractivity contribution >= 4 is 5.69 Å². The molecule has 1 atom stereocenters. The fourth-order valence-corrected chi connectivity index (χ4v) is 1.98. The molecule has 0 spiro atoms. The second kappa shape index (κ2) is 4.79. The first-order chi connectivity index (χ1) is 8.09. The quantitative estimate of drug-likeness (QED) is 0.632. The van der Waals surface area contributed by atoms with Crippen LogP contribution in [0.4, 0.5) is 10.1 Å². The molecule has 17 heavy (non-hydrogen) atoms. The van der Waals surface area contributed by atoms with Crippen LogP contribution < -0.4 is 5.73 Å². The van der Waals surface area contributed by atoms with Crippen molar-refractivity contribution in [2.45, 2.75) is 31.7 Å². The Kier molecular flexibility index (Phi) is 3.38. The third kappa shape index (κ3) is 2.79. The second-order valence-electron chi connectivity index (χ2n) is 4.55. The minimum atomic E-state index is -0.722. The van der Waals surface area contributed by atoms with E-state index in [1.165, 1.54) is 12.1 Å². The summed E-state index contributed by atoms with van der Waals surface area (Å²) >= 11 is 0. The zero-order chi connectivity index (χ0) is 12.4. The van der Waals surface area contributed by atoms with Gasteiger partial charge in [-0.15, -0.1) is 0 Å². The smallest absolute Gasteiger partial charge is 0.305 e. The molecule has 0 aliphatic heterocycles. The number of nitrogens with zero attached hydrogens (tertiary/aromatic N) is 1. The Balaban J connectivity index is 2.04. The lowest BCUT2D eigenvalue weighted by molar-refractivity contribution is -0.387. The van der Waals surface area contributed by atoms with E-state index in [0.717, 1.165) is 12.8 Å². The van der Waals surface area contributed by atoms with Gasteiger partial charge in [0.15, 0.2) is 0 Å². The highest BCUT2D eigenvalue weighted by Gasteiger charge is 2.28. The fraction of sp³-hybridized carbons (Fsp3) is 0.500. The Bertz CT molecular complexity index is 433. The maximum atomic E-state index is 13.7. The summed E-state index contributed by atoms with van der Waals surface area (Å²) < 4.78 is 13.7. The van der Waals surface area contributed by atoms with E-state index in [-0.39, 0.29) is 6.04 Å². The van der Waals surface area contributed by atoms with Crippen LogP contribution in [0.1, 0.15) is 24.8 Å². The highest BCUT2D eigenvalue weighted by Crippen LogP contribution is 2.33. The summed E-state index contributed by atoms with van der Waals surface area (Å²) in [5.41, 5.74) is 5.85. The number of hydrogen-bond acceptors (Lipinski definition) is 3. The van der Waals surface area contributed by atoms with Crippen LogP contribution in [-0.4, -0.2) is 11.0 Å². The molecule has 1 aliphatic carbocycles. The van der Waals surface area contributed by atoms with E-state index in [9.17, 15) is 14.5 Å². The number of nitro benzene ring substituents is 1. The van der Waals surface area contributed by atoms with Gasteiger partial charge in [-0.1, -0.05) is 12.1 Å². The van der Waals surface area contributed by atoms with E-state index < -0.39 is 16.4 Å². The monoisotopic (exact) mass is 238 g/mol. The van der Waals surface area contributed by atoms with Crippen LogP contribution in [0.25, 0.3) is 0 Å². The van der Waals surface area contributed by atoms with Gasteiger partial charge in [-0.2, -0.15) is 4.39 Å². The lowest BCUT2D eigenvalue weighted by atomic mass is 10.0. The van der Waals surface area contributed by atoms with Crippen molar-refractivity contribution in [3.05, 3.63) is 39.7 Å². The number of hydrogen-bond donors (Lipinski definition) is 1. The van der Waals surface area contributed by atoms with Crippen LogP contribution in [0.3, 0.4) is 0 Å². The Morgan fingerprint density at radius 1 is 1.53 bits per heavy atom. The van der Waals surface area contributed by atoms with Gasteiger partial charge in [0.25, 0.3) is 0 Å². The molecule has 1 saturated carbocycles. The maximum Gasteiger partial charge on any atom is 0.305 e. The second-order valence-corrected chi connectivity index (χ2v) is 4.55. The summed E-state index contributed by atoms with van der Waals surface area (Å²) in [5, 5.41) is 10.6. The van der Waals surface area contributed by atoms with Gasteiger partial charge in [0.1, 0.15) is 0 Å². The Morgan fingerprint density at radius 2 is 2.24 bits per heavy atom. The van der Waals surface area contributed by atoms with Crippen molar-refractivity contribution in [3.63, 3.8) is 0 Å². The Hall–Kier alpha value is -1.49. The van der Waals surface area contributed by atoms with Gasteiger partial charge in [-0.05, 0) is 37.2 Å². The average Bonchev–Trinajstić information content (AvgIpc) is 3.10. The molecular formula is C12H15FN2O2. The molecule has 1 aromatic rings. The van der Waals surface area contributed by atoms with E-state index in [0.29, 0.717) is 24.3 Å². The van der Waals surface area contributed by atoms with E-state index >= 15 is 0 Å². The molecule has 1 aromatic carbocycles. The SMILES string of the molecule is NC(CCc1cccc([N+](=O)[O-])c1F)C1CC1. The van der Waals surface area contributed by atoms with Crippen molar-refractivity contribution in [2.75, 3.05) is 0 Å². The topological polar surface area (TPSA) is 69.2 Å². The van der Waals surface area contributed by atoms with Crippen LogP contribution >= 0.6 is 0 Å². The van der Waals surface area contributed by atoms with Gasteiger partial charge in [0.05, 0.1) is 4.92 Å². The molecule has 2 rings (SSSR count). The predicted octanol–water partition coefficient (Wildman–Crippen LogP) is 2.40. The van der Waals surface area contributed by atoms with Crippen LogP contribution in [-0.2, 0) is 6.42 Å². The lowest BCUT2D eigenvalue weighted by Gasteiger charge is -2.10. The van der Waals surface area contributed by atoms with E-state index in [4.69, 9.17) is 5.73 Å². The number of nitrogens with two attached hydrogens (primary N) is 1. The zero-order valence-electron chi connectivity index (χ0n) is 9.43. The first-order valence-electron chi connectivity index (χ1n) is 5.77. The highest BCUT2D eigenvalue weighted by molar-refractivity contribution is 5.36. The first kappa shape index (κ1) is 12.0. The van der Waals surface area contributed by atoms with Gasteiger partial charge in [0, 0.05) is 12.1 Å². The third-order valence-electron chi connectivity index (χ3n) is 3.23. The normalized spacial score (nSPS) is 16.8. The molecular weight excluding hydrogens is 223 g/mol. The van der Waals surface area contributed by atoms with Crippen molar-refractivity contribution in [3.8, 4) is 0 Å². The first-order valence-corrected chi connectivity index (χ1v) is 5.77. The minimum Gasteiger partial charge on any atom is -0.327 e. The van der Waals surface area contributed by atoms with Crippen LogP contribution in [0.15, 0.2) is 18.2 Å². The summed E-state index contributed by atoms with van der Waals surface area (Å²) in [6, 6.07) is 4.37. The largest absolute Gasteiger partial charge is 0.327 e. The summed E-state index contributed by atoms with van der Waals surface area (Å²) in [6.45, 7) is 0. The van der Waals surface area contributed by atoms with Gasteiger partial charge < -0.3 is 5.73 Å². The van der Waals surface area contributed by atoms with E-state index in [2.05, 4.69) is 0 Å². The molecule has 4 nitrogen and oxygen atoms in total. The molecule has 0 saturated heterocycles. The summed E-state index contributed by atoms with van der Waals surface area (Å²) in [4.78, 5) is 9.88. The van der Waals surface area contributed by atoms with Crippen molar-refractivity contribution in [1.29, 1.82) is 0 Å². The number of nitro groups is 1. The number of rotatable bonds is 5. The Labute approximate surface area is 98.8 Å². The van der Waals surface area contributed by atoms with E-state index in [1.54, 1.807) is 6.07 Å². The molecule has 0 amide bonds. The molecule has 0 bridgehead atoms. The molecule has 0 radical (unpaired) electrons. The number of benzene rings is 1. The van der Waals surface area contributed by atoms with Crippen LogP contribution in [0.2, 0.25) is 0 Å². The summed E-state index contributed by atoms with van der Waals surface area (Å²) in [5.74, 6) is -0.155. The van der Waals surface area contributed by atoms with Crippen molar-refractivity contribution < 1.29 is 9.31 Å². The molecule has 2 N–H and O–H groups in total. The number of halogens is 1. The molecule has 0 aromatic heterocycles. The lowest BCUT2D eigenvalue weighted by Crippen LogP contribution is -2.23. The minimum absolute atomic E-state index is 0.0914. The van der Waals surface area contributed by atoms with Crippen LogP contribution in [0.5, 0.6) is 0 Å². The molecule has 1 fully saturated rings. The third-order valence-corrected chi connectivity index (χ3v) is 3.23. The average molecular weight is 238 g/mol. The maximum absolute atomic E-state index is 13.7. The summed E-state index contributed by atoms with van der Waals surface area (Å²) in [6.07, 6.45) is 3.45. The Morgan fingerprint density at radius 3 is 2.82 bits per heavy atom. The van der Waals surface area contributed by atoms with E-state index in [1.807, 2.05) is 0 Å². The molecule has 1 aliphatic rings. The van der Waals surface area contributed by atoms with Gasteiger partial charge in [-0.25, -0.2) is 0 Å². The van der Waals surface area contributed by atoms with Crippen LogP contribution in [0, 0.1) is 21.8 Å². The van der Waals surface area contributed by atoms with Crippen molar-refractivity contribution in [2.24, 2.45) is 11.7 Å². The van der Waals surface area contributed by atoms with Gasteiger partial charge in [0.2, 0.25) is 5.82 Å².